The molecular formula is C34H42O21. The van der Waals surface area contributed by atoms with Gasteiger partial charge in [-0.1, -0.05) is 0 Å². The van der Waals surface area contributed by atoms with E-state index in [-0.39, 0.29) is 17.1 Å². The van der Waals surface area contributed by atoms with Crippen LogP contribution in [0.2, 0.25) is 0 Å². The molecule has 0 spiro atoms. The normalized spacial score (nSPS) is 36.8. The van der Waals surface area contributed by atoms with Crippen LogP contribution in [-0.2, 0) is 18.9 Å². The fourth-order valence-electron chi connectivity index (χ4n) is 6.37. The Balaban J connectivity index is 1.35. The molecule has 0 unspecified atom stereocenters. The summed E-state index contributed by atoms with van der Waals surface area (Å²) in [4.78, 5) is 14.1. The largest absolute Gasteiger partial charge is 0.508 e. The number of benzene rings is 2. The summed E-state index contributed by atoms with van der Waals surface area (Å²) in [5, 5.41) is 124. The van der Waals surface area contributed by atoms with Crippen molar-refractivity contribution in [2.45, 2.75) is 99.0 Å². The maximum absolute atomic E-state index is 14.1. The summed E-state index contributed by atoms with van der Waals surface area (Å²) in [5.74, 6) is -2.90. The second kappa shape index (κ2) is 16.3. The number of aromatic hydroxyl groups is 2. The Morgan fingerprint density at radius 2 is 1.24 bits per heavy atom. The summed E-state index contributed by atoms with van der Waals surface area (Å²) < 4.78 is 45.1. The number of fused-ring (bicyclic) bond motifs is 1. The Morgan fingerprint density at radius 3 is 1.85 bits per heavy atom. The van der Waals surface area contributed by atoms with Gasteiger partial charge in [0.2, 0.25) is 29.5 Å². The number of phenolic OH excluding ortho intramolecular Hbond substituents is 2. The number of hydrogen-bond donors (Lipinski definition) is 12. The molecule has 4 heterocycles. The van der Waals surface area contributed by atoms with Crippen molar-refractivity contribution in [1.29, 1.82) is 0 Å². The number of rotatable bonds is 10. The van der Waals surface area contributed by atoms with E-state index in [4.69, 9.17) is 37.6 Å². The van der Waals surface area contributed by atoms with Crippen LogP contribution in [0.15, 0.2) is 39.5 Å². The molecule has 304 valence electrons. The van der Waals surface area contributed by atoms with E-state index >= 15 is 0 Å². The van der Waals surface area contributed by atoms with E-state index in [1.54, 1.807) is 0 Å². The van der Waals surface area contributed by atoms with Gasteiger partial charge >= 0.3 is 0 Å². The van der Waals surface area contributed by atoms with E-state index in [0.29, 0.717) is 0 Å². The first-order chi connectivity index (χ1) is 26.1. The number of aliphatic hydroxyl groups excluding tert-OH is 10. The molecule has 1 aromatic heterocycles. The predicted octanol–water partition coefficient (Wildman–Crippen LogP) is -3.91. The van der Waals surface area contributed by atoms with Gasteiger partial charge in [-0.05, 0) is 31.2 Å². The second-order valence-electron chi connectivity index (χ2n) is 13.2. The molecule has 0 aliphatic carbocycles. The van der Waals surface area contributed by atoms with Gasteiger partial charge in [-0.2, -0.15) is 0 Å². The highest BCUT2D eigenvalue weighted by Crippen LogP contribution is 2.45. The topological polar surface area (TPSA) is 338 Å². The standard InChI is InChI=1S/C34H42O21/c1-10-18(38)22(42)25(45)32(50-10)49-9-16-20(40)24(44)26(46)33(53-16)51-14-7-13(37)17-21(41)31(55-34-27(47)23(43)19(39)15(8-35)52-34)28(54-30(17)29(14)48-2)11-3-5-12(36)6-4-11/h3-7,10,15-16,18-20,22-27,32-40,42-47H,8-9H2,1-2H3/t10-,15+,16+,18-,19+,20+,22+,23-,24-,25+,26+,27+,32+,33+,34-/m0/s1. The average molecular weight is 787 g/mol. The molecule has 21 heteroatoms. The molecule has 0 amide bonds. The first kappa shape index (κ1) is 40.7. The molecule has 0 saturated carbocycles. The van der Waals surface area contributed by atoms with Crippen LogP contribution in [0.5, 0.6) is 28.7 Å². The van der Waals surface area contributed by atoms with Crippen LogP contribution < -0.4 is 19.6 Å². The lowest BCUT2D eigenvalue weighted by Crippen LogP contribution is -2.61. The van der Waals surface area contributed by atoms with Gasteiger partial charge in [-0.15, -0.1) is 0 Å². The summed E-state index contributed by atoms with van der Waals surface area (Å²) in [5.41, 5.74) is -1.48. The number of phenols is 2. The van der Waals surface area contributed by atoms with E-state index in [1.165, 1.54) is 31.2 Å². The van der Waals surface area contributed by atoms with Crippen LogP contribution in [-0.4, -0.2) is 174 Å². The predicted molar refractivity (Wildman–Crippen MR) is 178 cm³/mol. The molecule has 3 fully saturated rings. The Labute approximate surface area is 309 Å². The van der Waals surface area contributed by atoms with Crippen LogP contribution in [0.1, 0.15) is 6.92 Å². The van der Waals surface area contributed by atoms with Gasteiger partial charge in [0.05, 0.1) is 26.4 Å². The lowest BCUT2D eigenvalue weighted by Gasteiger charge is -2.42. The maximum Gasteiger partial charge on any atom is 0.239 e. The highest BCUT2D eigenvalue weighted by molar-refractivity contribution is 5.93. The fraction of sp³-hybridized carbons (Fsp3) is 0.559. The van der Waals surface area contributed by atoms with E-state index in [9.17, 15) is 66.1 Å². The third-order valence-corrected chi connectivity index (χ3v) is 9.59. The van der Waals surface area contributed by atoms with Crippen LogP contribution in [0.25, 0.3) is 22.3 Å². The molecule has 3 aromatic rings. The Morgan fingerprint density at radius 1 is 0.673 bits per heavy atom. The third kappa shape index (κ3) is 7.65. The lowest BCUT2D eigenvalue weighted by atomic mass is 9.98. The summed E-state index contributed by atoms with van der Waals surface area (Å²) in [7, 11) is 1.13. The maximum atomic E-state index is 14.1. The molecule has 6 rings (SSSR count). The van der Waals surface area contributed by atoms with Gasteiger partial charge in [0.1, 0.15) is 84.0 Å². The SMILES string of the molecule is COc1c(O[C@@H]2O[C@H](CO[C@@H]3O[C@@H](C)[C@H](O)[C@@H](O)[C@H]3O)[C@@H](O)[C@H](O)[C@H]2O)cc(O)c2c(=O)c(O[C@@H]3O[C@H](CO)[C@@H](O)[C@H](O)[C@H]3O)c(-c3ccc(O)cc3)oc12. The van der Waals surface area contributed by atoms with E-state index in [2.05, 4.69) is 0 Å². The van der Waals surface area contributed by atoms with Crippen molar-refractivity contribution in [3.8, 4) is 40.1 Å². The zero-order chi connectivity index (χ0) is 40.0. The molecule has 3 aliphatic rings. The quantitative estimate of drug-likeness (QED) is 0.0934. The van der Waals surface area contributed by atoms with Crippen molar-refractivity contribution in [2.24, 2.45) is 0 Å². The molecule has 12 N–H and O–H groups in total. The van der Waals surface area contributed by atoms with E-state index in [1.807, 2.05) is 0 Å². The van der Waals surface area contributed by atoms with Crippen molar-refractivity contribution in [1.82, 2.24) is 0 Å². The molecule has 15 atom stereocenters. The summed E-state index contributed by atoms with van der Waals surface area (Å²) >= 11 is 0. The minimum absolute atomic E-state index is 0.0822. The van der Waals surface area contributed by atoms with Crippen molar-refractivity contribution < 1.29 is 98.9 Å². The number of aliphatic hydroxyl groups is 10. The summed E-state index contributed by atoms with van der Waals surface area (Å²) in [6.07, 6.45) is -25.0. The average Bonchev–Trinajstić information content (AvgIpc) is 3.16. The molecule has 3 aliphatic heterocycles. The molecule has 55 heavy (non-hydrogen) atoms. The number of ether oxygens (including phenoxy) is 7. The van der Waals surface area contributed by atoms with Crippen LogP contribution >= 0.6 is 0 Å². The highest BCUT2D eigenvalue weighted by atomic mass is 16.7. The van der Waals surface area contributed by atoms with Crippen LogP contribution in [0.3, 0.4) is 0 Å². The molecule has 21 nitrogen and oxygen atoms in total. The molecule has 2 aromatic carbocycles. The summed E-state index contributed by atoms with van der Waals surface area (Å²) in [6, 6.07) is 5.97. The van der Waals surface area contributed by atoms with Gasteiger partial charge in [0, 0.05) is 11.6 Å². The van der Waals surface area contributed by atoms with E-state index < -0.39 is 145 Å². The summed E-state index contributed by atoms with van der Waals surface area (Å²) in [6.45, 7) is 0.00474. The molecule has 3 saturated heterocycles. The molecular weight excluding hydrogens is 744 g/mol. The monoisotopic (exact) mass is 786 g/mol. The lowest BCUT2D eigenvalue weighted by molar-refractivity contribution is -0.318. The zero-order valence-electron chi connectivity index (χ0n) is 29.0. The minimum Gasteiger partial charge on any atom is -0.508 e. The Bertz CT molecular complexity index is 1850. The van der Waals surface area contributed by atoms with E-state index in [0.717, 1.165) is 13.2 Å². The van der Waals surface area contributed by atoms with Gasteiger partial charge in [0.25, 0.3) is 0 Å². The Kier molecular flexibility index (Phi) is 12.1. The van der Waals surface area contributed by atoms with Crippen LogP contribution in [0, 0.1) is 0 Å². The third-order valence-electron chi connectivity index (χ3n) is 9.59. The first-order valence-electron chi connectivity index (χ1n) is 16.9. The first-order valence-corrected chi connectivity index (χ1v) is 16.9. The second-order valence-corrected chi connectivity index (χ2v) is 13.2. The Hall–Kier alpha value is -3.91. The van der Waals surface area contributed by atoms with Gasteiger partial charge in [0.15, 0.2) is 23.4 Å². The van der Waals surface area contributed by atoms with Crippen molar-refractivity contribution in [3.63, 3.8) is 0 Å². The van der Waals surface area contributed by atoms with Gasteiger partial charge in [-0.3, -0.25) is 4.79 Å². The fourth-order valence-corrected chi connectivity index (χ4v) is 6.37. The highest BCUT2D eigenvalue weighted by Gasteiger charge is 2.48. The number of methoxy groups -OCH3 is 1. The van der Waals surface area contributed by atoms with Gasteiger partial charge < -0.3 is 98.9 Å². The van der Waals surface area contributed by atoms with Gasteiger partial charge in [-0.25, -0.2) is 0 Å². The zero-order valence-corrected chi connectivity index (χ0v) is 29.0. The van der Waals surface area contributed by atoms with Crippen molar-refractivity contribution >= 4 is 11.0 Å². The number of hydrogen-bond acceptors (Lipinski definition) is 21. The van der Waals surface area contributed by atoms with Crippen molar-refractivity contribution in [3.05, 3.63) is 40.6 Å². The molecule has 0 bridgehead atoms. The van der Waals surface area contributed by atoms with Crippen LogP contribution in [0.4, 0.5) is 0 Å². The molecule has 0 radical (unpaired) electrons. The van der Waals surface area contributed by atoms with Crippen molar-refractivity contribution in [2.75, 3.05) is 20.3 Å². The minimum atomic E-state index is -1.95. The smallest absolute Gasteiger partial charge is 0.239 e.